The van der Waals surface area contributed by atoms with Gasteiger partial charge in [0.1, 0.15) is 0 Å². The van der Waals surface area contributed by atoms with Crippen LogP contribution in [0.25, 0.3) is 0 Å². The van der Waals surface area contributed by atoms with Crippen molar-refractivity contribution in [3.63, 3.8) is 0 Å². The predicted molar refractivity (Wildman–Crippen MR) is 144 cm³/mol. The van der Waals surface area contributed by atoms with Crippen LogP contribution in [0.1, 0.15) is 141 Å². The molecule has 0 aromatic heterocycles. The molecule has 0 atom stereocenters. The molecule has 0 radical (unpaired) electrons. The van der Waals surface area contributed by atoms with Crippen molar-refractivity contribution in [2.24, 2.45) is 29.1 Å². The van der Waals surface area contributed by atoms with E-state index in [1.807, 2.05) is 0 Å². The Morgan fingerprint density at radius 1 is 0.676 bits per heavy atom. The van der Waals surface area contributed by atoms with Gasteiger partial charge >= 0.3 is 0 Å². The molecule has 1 aliphatic heterocycles. The van der Waals surface area contributed by atoms with Crippen LogP contribution in [0.4, 0.5) is 0 Å². The lowest BCUT2D eigenvalue weighted by Crippen LogP contribution is -2.48. The highest BCUT2D eigenvalue weighted by Gasteiger charge is 2.51. The number of carbonyl (C=O) groups is 1. The molecule has 3 heteroatoms. The maximum Gasteiger partial charge on any atom is 0.220 e. The molecule has 5 fully saturated rings. The lowest BCUT2D eigenvalue weighted by Gasteiger charge is -2.56. The topological polar surface area (TPSA) is 41.1 Å². The number of nitrogens with one attached hydrogen (secondary N) is 2. The Hall–Kier alpha value is -0.570. The third-order valence-corrected chi connectivity index (χ3v) is 10.0. The van der Waals surface area contributed by atoms with Gasteiger partial charge in [-0.15, -0.1) is 0 Å². The van der Waals surface area contributed by atoms with E-state index in [0.29, 0.717) is 11.3 Å². The molecular formula is C31H56N2O. The summed E-state index contributed by atoms with van der Waals surface area (Å²) in [5.74, 6) is 4.23. The molecule has 0 aromatic carbocycles. The van der Waals surface area contributed by atoms with Gasteiger partial charge in [-0.2, -0.15) is 0 Å². The predicted octanol–water partition coefficient (Wildman–Crippen LogP) is 7.78. The molecule has 3 nitrogen and oxygen atoms in total. The monoisotopic (exact) mass is 472 g/mol. The molecule has 0 aromatic rings. The largest absolute Gasteiger partial charge is 0.356 e. The molecule has 1 saturated heterocycles. The number of piperidine rings is 1. The normalized spacial score (nSPS) is 30.6. The summed E-state index contributed by atoms with van der Waals surface area (Å²) >= 11 is 0. The molecule has 0 spiro atoms. The molecule has 4 saturated carbocycles. The van der Waals surface area contributed by atoms with Gasteiger partial charge in [-0.05, 0) is 100.0 Å². The van der Waals surface area contributed by atoms with Crippen molar-refractivity contribution in [2.75, 3.05) is 19.6 Å². The summed E-state index contributed by atoms with van der Waals surface area (Å²) in [6.45, 7) is 3.41. The van der Waals surface area contributed by atoms with E-state index in [1.165, 1.54) is 148 Å². The first-order valence-electron chi connectivity index (χ1n) is 15.7. The molecule has 5 aliphatic rings. The van der Waals surface area contributed by atoms with E-state index in [9.17, 15) is 4.79 Å². The number of rotatable bonds is 17. The van der Waals surface area contributed by atoms with Gasteiger partial charge in [0.05, 0.1) is 0 Å². The van der Waals surface area contributed by atoms with Crippen molar-refractivity contribution in [3.05, 3.63) is 0 Å². The van der Waals surface area contributed by atoms with Crippen LogP contribution in [-0.4, -0.2) is 25.5 Å². The second-order valence-corrected chi connectivity index (χ2v) is 13.2. The van der Waals surface area contributed by atoms with E-state index in [2.05, 4.69) is 10.6 Å². The van der Waals surface area contributed by atoms with Crippen molar-refractivity contribution in [1.82, 2.24) is 10.6 Å². The van der Waals surface area contributed by atoms with Crippen LogP contribution in [0.5, 0.6) is 0 Å². The van der Waals surface area contributed by atoms with Gasteiger partial charge in [-0.3, -0.25) is 4.79 Å². The summed E-state index contributed by atoms with van der Waals surface area (Å²) in [6, 6.07) is 0. The number of hydrogen-bond donors (Lipinski definition) is 2. The molecule has 1 heterocycles. The Balaban J connectivity index is 0.887. The summed E-state index contributed by atoms with van der Waals surface area (Å²) in [7, 11) is 0. The molecule has 196 valence electrons. The smallest absolute Gasteiger partial charge is 0.220 e. The van der Waals surface area contributed by atoms with Crippen molar-refractivity contribution in [1.29, 1.82) is 0 Å². The Bertz CT molecular complexity index is 547. The Morgan fingerprint density at radius 2 is 1.15 bits per heavy atom. The van der Waals surface area contributed by atoms with Gasteiger partial charge in [0, 0.05) is 13.0 Å². The SMILES string of the molecule is O=C(CC12CC3CC(CC(C3)C1)C2)NCCCCCCCCCCCCCCC1CCNCC1. The number of carbonyl (C=O) groups excluding carboxylic acids is 1. The Kier molecular flexibility index (Phi) is 11.1. The number of hydrogen-bond acceptors (Lipinski definition) is 2. The van der Waals surface area contributed by atoms with Crippen LogP contribution < -0.4 is 10.6 Å². The van der Waals surface area contributed by atoms with E-state index in [4.69, 9.17) is 0 Å². The van der Waals surface area contributed by atoms with Gasteiger partial charge in [-0.25, -0.2) is 0 Å². The second-order valence-electron chi connectivity index (χ2n) is 13.2. The average Bonchev–Trinajstić information content (AvgIpc) is 2.81. The fourth-order valence-electron chi connectivity index (χ4n) is 8.63. The quantitative estimate of drug-likeness (QED) is 0.212. The van der Waals surface area contributed by atoms with E-state index in [1.54, 1.807) is 0 Å². The third kappa shape index (κ3) is 8.82. The van der Waals surface area contributed by atoms with Crippen LogP contribution >= 0.6 is 0 Å². The molecule has 4 aliphatic carbocycles. The molecule has 0 unspecified atom stereocenters. The first-order chi connectivity index (χ1) is 16.7. The van der Waals surface area contributed by atoms with Gasteiger partial charge in [0.2, 0.25) is 5.91 Å². The third-order valence-electron chi connectivity index (χ3n) is 10.0. The van der Waals surface area contributed by atoms with Crippen LogP contribution in [0, 0.1) is 29.1 Å². The molecule has 4 bridgehead atoms. The number of amides is 1. The van der Waals surface area contributed by atoms with Gasteiger partial charge in [0.25, 0.3) is 0 Å². The first-order valence-corrected chi connectivity index (χ1v) is 15.7. The Morgan fingerprint density at radius 3 is 1.68 bits per heavy atom. The molecule has 1 amide bonds. The summed E-state index contributed by atoms with van der Waals surface area (Å²) in [6.07, 6.45) is 30.4. The van der Waals surface area contributed by atoms with Crippen molar-refractivity contribution >= 4 is 5.91 Å². The van der Waals surface area contributed by atoms with Crippen LogP contribution in [0.2, 0.25) is 0 Å². The summed E-state index contributed by atoms with van der Waals surface area (Å²) in [5, 5.41) is 6.75. The van der Waals surface area contributed by atoms with Crippen molar-refractivity contribution in [3.8, 4) is 0 Å². The zero-order valence-electron chi connectivity index (χ0n) is 22.4. The lowest BCUT2D eigenvalue weighted by molar-refractivity contribution is -0.129. The van der Waals surface area contributed by atoms with E-state index < -0.39 is 0 Å². The number of unbranched alkanes of at least 4 members (excludes halogenated alkanes) is 11. The fourth-order valence-corrected chi connectivity index (χ4v) is 8.63. The van der Waals surface area contributed by atoms with E-state index in [-0.39, 0.29) is 0 Å². The van der Waals surface area contributed by atoms with Crippen LogP contribution in [0.3, 0.4) is 0 Å². The summed E-state index contributed by atoms with van der Waals surface area (Å²) < 4.78 is 0. The fraction of sp³-hybridized carbons (Fsp3) is 0.968. The molecule has 5 rings (SSSR count). The van der Waals surface area contributed by atoms with Gasteiger partial charge < -0.3 is 10.6 Å². The van der Waals surface area contributed by atoms with Crippen LogP contribution in [0.15, 0.2) is 0 Å². The highest BCUT2D eigenvalue weighted by Crippen LogP contribution is 2.61. The lowest BCUT2D eigenvalue weighted by atomic mass is 9.49. The summed E-state index contributed by atoms with van der Waals surface area (Å²) in [4.78, 5) is 12.6. The maximum atomic E-state index is 12.6. The minimum atomic E-state index is 0.355. The highest BCUT2D eigenvalue weighted by atomic mass is 16.1. The van der Waals surface area contributed by atoms with Crippen LogP contribution in [-0.2, 0) is 4.79 Å². The Labute approximate surface area is 211 Å². The van der Waals surface area contributed by atoms with E-state index >= 15 is 0 Å². The zero-order valence-corrected chi connectivity index (χ0v) is 22.4. The standard InChI is InChI=1S/C31H56N2O/c34-30(25-31-22-27-19-28(23-31)21-29(20-27)24-31)33-16-12-10-8-6-4-2-1-3-5-7-9-11-13-26-14-17-32-18-15-26/h26-29,32H,1-25H2,(H,33,34). The second kappa shape index (κ2) is 14.2. The van der Waals surface area contributed by atoms with Gasteiger partial charge in [0.15, 0.2) is 0 Å². The molecular weight excluding hydrogens is 416 g/mol. The van der Waals surface area contributed by atoms with Crippen molar-refractivity contribution in [2.45, 2.75) is 141 Å². The summed E-state index contributed by atoms with van der Waals surface area (Å²) in [5.41, 5.74) is 0.395. The molecule has 2 N–H and O–H groups in total. The van der Waals surface area contributed by atoms with E-state index in [0.717, 1.165) is 36.6 Å². The highest BCUT2D eigenvalue weighted by molar-refractivity contribution is 5.76. The first kappa shape index (κ1) is 26.5. The minimum Gasteiger partial charge on any atom is -0.356 e. The minimum absolute atomic E-state index is 0.355. The van der Waals surface area contributed by atoms with Gasteiger partial charge in [-0.1, -0.05) is 77.0 Å². The molecule has 34 heavy (non-hydrogen) atoms. The maximum absolute atomic E-state index is 12.6. The van der Waals surface area contributed by atoms with Crippen molar-refractivity contribution < 1.29 is 4.79 Å². The zero-order chi connectivity index (χ0) is 23.5. The average molecular weight is 473 g/mol.